The van der Waals surface area contributed by atoms with E-state index in [0.29, 0.717) is 23.2 Å². The van der Waals surface area contributed by atoms with Crippen molar-refractivity contribution in [2.45, 2.75) is 37.5 Å². The predicted molar refractivity (Wildman–Crippen MR) is 105 cm³/mol. The number of para-hydroxylation sites is 1. The molecule has 1 atom stereocenters. The molecule has 1 aliphatic heterocycles. The molecule has 1 N–H and O–H groups in total. The van der Waals surface area contributed by atoms with Gasteiger partial charge in [0.25, 0.3) is 5.91 Å². The van der Waals surface area contributed by atoms with E-state index in [1.54, 1.807) is 16.9 Å². The summed E-state index contributed by atoms with van der Waals surface area (Å²) in [5.74, 6) is 2.50. The Bertz CT molecular complexity index is 1010. The second kappa shape index (κ2) is 7.05. The van der Waals surface area contributed by atoms with Crippen LogP contribution in [0.5, 0.6) is 0 Å². The first-order chi connectivity index (χ1) is 13.7. The van der Waals surface area contributed by atoms with Crippen LogP contribution in [0.4, 0.5) is 0 Å². The second-order valence-electron chi connectivity index (χ2n) is 7.54. The van der Waals surface area contributed by atoms with Crippen molar-refractivity contribution in [3.05, 3.63) is 58.9 Å². The Morgan fingerprint density at radius 1 is 1.14 bits per heavy atom. The fourth-order valence-corrected chi connectivity index (χ4v) is 3.98. The molecule has 2 aromatic heterocycles. The molecule has 1 aromatic carbocycles. The molecule has 1 aliphatic carbocycles. The van der Waals surface area contributed by atoms with E-state index < -0.39 is 0 Å². The van der Waals surface area contributed by atoms with Crippen molar-refractivity contribution < 1.29 is 4.79 Å². The summed E-state index contributed by atoms with van der Waals surface area (Å²) >= 11 is 6.24. The van der Waals surface area contributed by atoms with Gasteiger partial charge in [0.15, 0.2) is 11.5 Å². The van der Waals surface area contributed by atoms with Crippen LogP contribution in [0.2, 0.25) is 5.02 Å². The fraction of sp³-hybridized carbons (Fsp3) is 0.400. The average molecular weight is 397 g/mol. The highest BCUT2D eigenvalue weighted by atomic mass is 35.5. The zero-order valence-corrected chi connectivity index (χ0v) is 16.1. The van der Waals surface area contributed by atoms with Crippen molar-refractivity contribution in [2.75, 3.05) is 13.1 Å². The summed E-state index contributed by atoms with van der Waals surface area (Å²) in [5, 5.41) is 12.5. The van der Waals surface area contributed by atoms with Gasteiger partial charge >= 0.3 is 0 Å². The van der Waals surface area contributed by atoms with E-state index in [1.807, 2.05) is 29.2 Å². The smallest absolute Gasteiger partial charge is 0.274 e. The van der Waals surface area contributed by atoms with Crippen LogP contribution in [0.3, 0.4) is 0 Å². The van der Waals surface area contributed by atoms with E-state index in [4.69, 9.17) is 11.6 Å². The summed E-state index contributed by atoms with van der Waals surface area (Å²) in [6, 6.07) is 9.19. The number of halogens is 1. The largest absolute Gasteiger partial charge is 0.337 e. The van der Waals surface area contributed by atoms with Gasteiger partial charge in [-0.05, 0) is 43.9 Å². The van der Waals surface area contributed by atoms with Gasteiger partial charge in [0.1, 0.15) is 5.82 Å². The zero-order valence-electron chi connectivity index (χ0n) is 15.4. The lowest BCUT2D eigenvalue weighted by Gasteiger charge is -2.30. The number of carbonyl (C=O) groups is 1. The van der Waals surface area contributed by atoms with Crippen molar-refractivity contribution in [3.63, 3.8) is 0 Å². The second-order valence-corrected chi connectivity index (χ2v) is 7.95. The maximum absolute atomic E-state index is 13.0. The number of carbonyl (C=O) groups excluding carboxylic acids is 1. The Hall–Kier alpha value is -2.67. The number of likely N-dealkylation sites (tertiary alicyclic amines) is 1. The molecule has 7 nitrogen and oxygen atoms in total. The molecule has 8 heteroatoms. The summed E-state index contributed by atoms with van der Waals surface area (Å²) in [5.41, 5.74) is 1.18. The zero-order chi connectivity index (χ0) is 19.1. The van der Waals surface area contributed by atoms with E-state index >= 15 is 0 Å². The van der Waals surface area contributed by atoms with Crippen molar-refractivity contribution in [1.29, 1.82) is 0 Å². The molecular formula is C20H21ClN6O. The number of hydrogen-bond donors (Lipinski definition) is 1. The highest BCUT2D eigenvalue weighted by Crippen LogP contribution is 2.38. The number of piperidine rings is 1. The maximum Gasteiger partial charge on any atom is 0.274 e. The van der Waals surface area contributed by atoms with Gasteiger partial charge in [-0.3, -0.25) is 9.89 Å². The molecule has 5 rings (SSSR count). The third kappa shape index (κ3) is 3.30. The molecule has 0 unspecified atom stereocenters. The van der Waals surface area contributed by atoms with E-state index in [1.165, 1.54) is 12.8 Å². The lowest BCUT2D eigenvalue weighted by Crippen LogP contribution is -2.39. The molecule has 3 aromatic rings. The summed E-state index contributed by atoms with van der Waals surface area (Å²) < 4.78 is 1.65. The summed E-state index contributed by atoms with van der Waals surface area (Å²) in [7, 11) is 0. The van der Waals surface area contributed by atoms with Crippen LogP contribution in [-0.2, 0) is 0 Å². The molecule has 28 heavy (non-hydrogen) atoms. The van der Waals surface area contributed by atoms with Crippen LogP contribution < -0.4 is 0 Å². The number of aromatic amines is 1. The van der Waals surface area contributed by atoms with Crippen molar-refractivity contribution in [3.8, 4) is 5.69 Å². The first kappa shape index (κ1) is 17.4. The Kier molecular flexibility index (Phi) is 4.39. The lowest BCUT2D eigenvalue weighted by atomic mass is 9.97. The van der Waals surface area contributed by atoms with E-state index in [0.717, 1.165) is 36.7 Å². The number of benzene rings is 1. The van der Waals surface area contributed by atoms with Gasteiger partial charge in [-0.2, -0.15) is 10.2 Å². The number of amides is 1. The quantitative estimate of drug-likeness (QED) is 0.731. The SMILES string of the molecule is O=C(c1ccn(-c2ccccc2Cl)n1)N1CCC[C@@H](c2n[nH]c(C3CC3)n2)C1. The Morgan fingerprint density at radius 3 is 2.82 bits per heavy atom. The molecule has 0 spiro atoms. The van der Waals surface area contributed by atoms with E-state index in [2.05, 4.69) is 20.3 Å². The molecule has 0 radical (unpaired) electrons. The van der Waals surface area contributed by atoms with Crippen LogP contribution in [0.25, 0.3) is 5.69 Å². The van der Waals surface area contributed by atoms with Crippen LogP contribution in [0, 0.1) is 0 Å². The number of hydrogen-bond acceptors (Lipinski definition) is 4. The van der Waals surface area contributed by atoms with Gasteiger partial charge in [0.05, 0.1) is 10.7 Å². The minimum atomic E-state index is -0.0616. The fourth-order valence-electron chi connectivity index (χ4n) is 3.75. The topological polar surface area (TPSA) is 79.7 Å². The molecule has 2 aliphatic rings. The molecule has 2 fully saturated rings. The number of nitrogens with one attached hydrogen (secondary N) is 1. The monoisotopic (exact) mass is 396 g/mol. The first-order valence-corrected chi connectivity index (χ1v) is 10.1. The minimum Gasteiger partial charge on any atom is -0.337 e. The van der Waals surface area contributed by atoms with Crippen LogP contribution in [-0.4, -0.2) is 48.9 Å². The van der Waals surface area contributed by atoms with Gasteiger partial charge in [0.2, 0.25) is 0 Å². The number of rotatable bonds is 4. The molecule has 1 saturated carbocycles. The summed E-state index contributed by atoms with van der Waals surface area (Å²) in [6.45, 7) is 1.36. The third-order valence-electron chi connectivity index (χ3n) is 5.47. The van der Waals surface area contributed by atoms with Gasteiger partial charge in [-0.1, -0.05) is 23.7 Å². The van der Waals surface area contributed by atoms with Gasteiger partial charge in [-0.25, -0.2) is 9.67 Å². The van der Waals surface area contributed by atoms with Gasteiger partial charge in [0, 0.05) is 31.1 Å². The van der Waals surface area contributed by atoms with Crippen LogP contribution in [0.15, 0.2) is 36.5 Å². The molecule has 0 bridgehead atoms. The van der Waals surface area contributed by atoms with Gasteiger partial charge in [-0.15, -0.1) is 0 Å². The van der Waals surface area contributed by atoms with Gasteiger partial charge < -0.3 is 4.90 Å². The maximum atomic E-state index is 13.0. The van der Waals surface area contributed by atoms with Crippen LogP contribution >= 0.6 is 11.6 Å². The standard InChI is InChI=1S/C20H21ClN6O/c21-15-5-1-2-6-17(15)27-11-9-16(25-27)20(28)26-10-3-4-14(12-26)19-22-18(23-24-19)13-7-8-13/h1-2,5-6,9,11,13-14H,3-4,7-8,10,12H2,(H,22,23,24)/t14-/m1/s1. The Morgan fingerprint density at radius 2 is 2.00 bits per heavy atom. The highest BCUT2D eigenvalue weighted by Gasteiger charge is 2.31. The summed E-state index contributed by atoms with van der Waals surface area (Å²) in [4.78, 5) is 19.5. The van der Waals surface area contributed by atoms with Crippen molar-refractivity contribution in [1.82, 2.24) is 29.9 Å². The number of H-pyrrole nitrogens is 1. The molecule has 144 valence electrons. The Balaban J connectivity index is 1.31. The molecule has 3 heterocycles. The van der Waals surface area contributed by atoms with Crippen molar-refractivity contribution >= 4 is 17.5 Å². The summed E-state index contributed by atoms with van der Waals surface area (Å²) in [6.07, 6.45) is 6.10. The molecule has 1 saturated heterocycles. The lowest BCUT2D eigenvalue weighted by molar-refractivity contribution is 0.0698. The predicted octanol–water partition coefficient (Wildman–Crippen LogP) is 3.54. The average Bonchev–Trinajstić information content (AvgIpc) is 3.26. The van der Waals surface area contributed by atoms with E-state index in [-0.39, 0.29) is 11.8 Å². The van der Waals surface area contributed by atoms with Crippen molar-refractivity contribution in [2.24, 2.45) is 0 Å². The Labute approximate surface area is 167 Å². The minimum absolute atomic E-state index is 0.0616. The van der Waals surface area contributed by atoms with E-state index in [9.17, 15) is 4.79 Å². The highest BCUT2D eigenvalue weighted by molar-refractivity contribution is 6.32. The number of aromatic nitrogens is 5. The third-order valence-corrected chi connectivity index (χ3v) is 5.78. The number of nitrogens with zero attached hydrogens (tertiary/aromatic N) is 5. The molecular weight excluding hydrogens is 376 g/mol. The normalized spacial score (nSPS) is 19.8. The molecule has 1 amide bonds. The van der Waals surface area contributed by atoms with Crippen LogP contribution in [0.1, 0.15) is 59.7 Å². The first-order valence-electron chi connectivity index (χ1n) is 9.71.